The fraction of sp³-hybridized carbons (Fsp3) is 0.433. The second kappa shape index (κ2) is 11.8. The van der Waals surface area contributed by atoms with Crippen molar-refractivity contribution < 1.29 is 28.2 Å². The Morgan fingerprint density at radius 1 is 1.12 bits per heavy atom. The molecule has 13 heteroatoms. The maximum Gasteiger partial charge on any atom is 0.407 e. The van der Waals surface area contributed by atoms with Crippen LogP contribution in [0.2, 0.25) is 0 Å². The number of rotatable bonds is 6. The standard InChI is InChI=1S/C30H35FN6O5S/c1-18-6-7-19(12-23(18)31)30(26-32-17-33-43-26)10-11-36(16-30)27(39)35-24-13-21(41-5)8-9-22(24)25(38)37-14-20(15-37)34-28(40)42-29(2,3)4/h6-9,12-13,17,20H,10-11,14-16H2,1-5H3,(H,34,40)(H,35,39)/t30-/m1/s1. The SMILES string of the molecule is COc1ccc(C(=O)N2CC(NC(=O)OC(C)(C)C)C2)c(NC(=O)N2CC[C@@](c3ccc(C)c(F)c3)(c3ncns3)C2)c1. The number of halogens is 1. The molecule has 2 aliphatic rings. The van der Waals surface area contributed by atoms with E-state index >= 15 is 0 Å². The summed E-state index contributed by atoms with van der Waals surface area (Å²) < 4.78 is 29.4. The highest BCUT2D eigenvalue weighted by molar-refractivity contribution is 7.05. The number of ether oxygens (including phenoxy) is 2. The topological polar surface area (TPSA) is 126 Å². The van der Waals surface area contributed by atoms with Crippen LogP contribution >= 0.6 is 11.5 Å². The minimum atomic E-state index is -0.714. The van der Waals surface area contributed by atoms with Crippen molar-refractivity contribution in [1.29, 1.82) is 0 Å². The molecule has 2 N–H and O–H groups in total. The van der Waals surface area contributed by atoms with Crippen molar-refractivity contribution in [2.24, 2.45) is 0 Å². The van der Waals surface area contributed by atoms with Gasteiger partial charge in [0.25, 0.3) is 5.91 Å². The molecule has 3 aromatic rings. The van der Waals surface area contributed by atoms with Gasteiger partial charge >= 0.3 is 12.1 Å². The van der Waals surface area contributed by atoms with E-state index in [1.54, 1.807) is 61.8 Å². The highest BCUT2D eigenvalue weighted by Gasteiger charge is 2.45. The van der Waals surface area contributed by atoms with E-state index in [1.807, 2.05) is 6.07 Å². The molecule has 0 radical (unpaired) electrons. The van der Waals surface area contributed by atoms with Crippen molar-refractivity contribution in [3.8, 4) is 5.75 Å². The maximum atomic E-state index is 14.6. The predicted octanol–water partition coefficient (Wildman–Crippen LogP) is 4.57. The fourth-order valence-corrected chi connectivity index (χ4v) is 6.05. The Morgan fingerprint density at radius 2 is 1.88 bits per heavy atom. The number of aromatic nitrogens is 2. The first-order chi connectivity index (χ1) is 20.4. The summed E-state index contributed by atoms with van der Waals surface area (Å²) in [5.41, 5.74) is 0.517. The van der Waals surface area contributed by atoms with Crippen molar-refractivity contribution in [2.75, 3.05) is 38.6 Å². The summed E-state index contributed by atoms with van der Waals surface area (Å²) >= 11 is 1.23. The zero-order chi connectivity index (χ0) is 30.9. The van der Waals surface area contributed by atoms with Crippen LogP contribution < -0.4 is 15.4 Å². The van der Waals surface area contributed by atoms with Crippen molar-refractivity contribution in [1.82, 2.24) is 24.5 Å². The molecule has 4 amide bonds. The number of likely N-dealkylation sites (tertiary alicyclic amines) is 2. The molecule has 43 heavy (non-hydrogen) atoms. The number of methoxy groups -OCH3 is 1. The molecule has 2 saturated heterocycles. The van der Waals surface area contributed by atoms with Crippen molar-refractivity contribution in [3.05, 3.63) is 70.2 Å². The highest BCUT2D eigenvalue weighted by atomic mass is 32.1. The minimum absolute atomic E-state index is 0.236. The second-order valence-electron chi connectivity index (χ2n) is 11.9. The normalized spacial score (nSPS) is 18.7. The number of carbonyl (C=O) groups excluding carboxylic acids is 3. The Kier molecular flexibility index (Phi) is 8.28. The van der Waals surface area contributed by atoms with Gasteiger partial charge in [0.1, 0.15) is 28.5 Å². The molecular formula is C30H35FN6O5S. The lowest BCUT2D eigenvalue weighted by molar-refractivity contribution is 0.0359. The van der Waals surface area contributed by atoms with E-state index in [0.29, 0.717) is 53.6 Å². The minimum Gasteiger partial charge on any atom is -0.497 e. The van der Waals surface area contributed by atoms with Crippen LogP contribution in [0.25, 0.3) is 0 Å². The predicted molar refractivity (Wildman–Crippen MR) is 159 cm³/mol. The van der Waals surface area contributed by atoms with Crippen LogP contribution in [0.3, 0.4) is 0 Å². The molecule has 1 aromatic heterocycles. The Bertz CT molecular complexity index is 1520. The summed E-state index contributed by atoms with van der Waals surface area (Å²) in [6, 6.07) is 9.33. The lowest BCUT2D eigenvalue weighted by Crippen LogP contribution is -2.61. The van der Waals surface area contributed by atoms with E-state index in [-0.39, 0.29) is 24.3 Å². The molecule has 0 unspecified atom stereocenters. The number of amides is 4. The third-order valence-corrected chi connectivity index (χ3v) is 8.51. The Hall–Kier alpha value is -4.26. The molecule has 11 nitrogen and oxygen atoms in total. The van der Waals surface area contributed by atoms with Crippen molar-refractivity contribution in [3.63, 3.8) is 0 Å². The lowest BCUT2D eigenvalue weighted by atomic mass is 9.80. The molecule has 228 valence electrons. The van der Waals surface area contributed by atoms with Crippen LogP contribution in [0.15, 0.2) is 42.7 Å². The van der Waals surface area contributed by atoms with Gasteiger partial charge in [0.05, 0.1) is 29.8 Å². The van der Waals surface area contributed by atoms with Gasteiger partial charge in [0.15, 0.2) is 0 Å². The zero-order valence-electron chi connectivity index (χ0n) is 24.8. The number of nitrogens with zero attached hydrogens (tertiary/aromatic N) is 4. The fourth-order valence-electron chi connectivity index (χ4n) is 5.31. The molecule has 5 rings (SSSR count). The van der Waals surface area contributed by atoms with E-state index in [0.717, 1.165) is 5.56 Å². The van der Waals surface area contributed by atoms with Gasteiger partial charge < -0.3 is 29.9 Å². The summed E-state index contributed by atoms with van der Waals surface area (Å²) in [7, 11) is 1.50. The quantitative estimate of drug-likeness (QED) is 0.419. The molecule has 2 aromatic carbocycles. The summed E-state index contributed by atoms with van der Waals surface area (Å²) in [5, 5.41) is 6.37. The van der Waals surface area contributed by atoms with Crippen molar-refractivity contribution in [2.45, 2.75) is 51.2 Å². The van der Waals surface area contributed by atoms with Crippen LogP contribution in [0.4, 0.5) is 19.7 Å². The number of nitrogens with one attached hydrogen (secondary N) is 2. The van der Waals surface area contributed by atoms with Crippen LogP contribution in [0.1, 0.15) is 53.7 Å². The summed E-state index contributed by atoms with van der Waals surface area (Å²) in [5.74, 6) is -0.141. The van der Waals surface area contributed by atoms with E-state index in [2.05, 4.69) is 20.0 Å². The molecule has 0 spiro atoms. The molecule has 1 atom stereocenters. The summed E-state index contributed by atoms with van der Waals surface area (Å²) in [6.07, 6.45) is 1.46. The van der Waals surface area contributed by atoms with Gasteiger partial charge in [-0.1, -0.05) is 12.1 Å². The summed E-state index contributed by atoms with van der Waals surface area (Å²) in [6.45, 7) is 8.31. The lowest BCUT2D eigenvalue weighted by Gasteiger charge is -2.40. The number of urea groups is 1. The van der Waals surface area contributed by atoms with Crippen LogP contribution in [0.5, 0.6) is 5.75 Å². The van der Waals surface area contributed by atoms with Gasteiger partial charge in [-0.15, -0.1) is 0 Å². The molecule has 2 aliphatic heterocycles. The van der Waals surface area contributed by atoms with Crippen molar-refractivity contribution >= 4 is 35.3 Å². The number of anilines is 1. The molecule has 0 saturated carbocycles. The highest BCUT2D eigenvalue weighted by Crippen LogP contribution is 2.42. The Labute approximate surface area is 253 Å². The third kappa shape index (κ3) is 6.41. The maximum absolute atomic E-state index is 14.6. The van der Waals surface area contributed by atoms with E-state index in [9.17, 15) is 18.8 Å². The first-order valence-corrected chi connectivity index (χ1v) is 14.7. The van der Waals surface area contributed by atoms with E-state index < -0.39 is 23.1 Å². The summed E-state index contributed by atoms with van der Waals surface area (Å²) in [4.78, 5) is 46.8. The van der Waals surface area contributed by atoms with Crippen LogP contribution in [0, 0.1) is 12.7 Å². The van der Waals surface area contributed by atoms with E-state index in [4.69, 9.17) is 9.47 Å². The zero-order valence-corrected chi connectivity index (χ0v) is 25.6. The Morgan fingerprint density at radius 3 is 2.53 bits per heavy atom. The van der Waals surface area contributed by atoms with Gasteiger partial charge in [0, 0.05) is 32.2 Å². The third-order valence-electron chi connectivity index (χ3n) is 7.64. The van der Waals surface area contributed by atoms with Crippen LogP contribution in [-0.2, 0) is 10.2 Å². The van der Waals surface area contributed by atoms with Crippen LogP contribution in [-0.4, -0.2) is 82.1 Å². The number of aryl methyl sites for hydroxylation is 1. The average Bonchev–Trinajstić information content (AvgIpc) is 3.62. The first-order valence-electron chi connectivity index (χ1n) is 13.9. The monoisotopic (exact) mass is 610 g/mol. The smallest absolute Gasteiger partial charge is 0.407 e. The number of benzene rings is 2. The molecule has 2 fully saturated rings. The van der Waals surface area contributed by atoms with Gasteiger partial charge in [-0.25, -0.2) is 19.0 Å². The van der Waals surface area contributed by atoms with Gasteiger partial charge in [-0.05, 0) is 75.0 Å². The second-order valence-corrected chi connectivity index (χ2v) is 12.6. The number of carbonyl (C=O) groups is 3. The Balaban J connectivity index is 1.31. The molecule has 0 aliphatic carbocycles. The van der Waals surface area contributed by atoms with Gasteiger partial charge in [-0.3, -0.25) is 4.79 Å². The van der Waals surface area contributed by atoms with Gasteiger partial charge in [-0.2, -0.15) is 4.37 Å². The average molecular weight is 611 g/mol. The first kappa shape index (κ1) is 30.2. The van der Waals surface area contributed by atoms with E-state index in [1.165, 1.54) is 31.0 Å². The molecule has 0 bridgehead atoms. The molecular weight excluding hydrogens is 575 g/mol. The number of hydrogen-bond donors (Lipinski definition) is 2. The van der Waals surface area contributed by atoms with Gasteiger partial charge in [0.2, 0.25) is 0 Å². The molecule has 3 heterocycles. The number of alkyl carbamates (subject to hydrolysis) is 1. The largest absolute Gasteiger partial charge is 0.497 e. The number of hydrogen-bond acceptors (Lipinski definition) is 8.